The van der Waals surface area contributed by atoms with E-state index in [1.165, 1.54) is 0 Å². The molecule has 3 aromatic carbocycles. The number of nitrogens with one attached hydrogen (secondary N) is 5. The molecule has 0 unspecified atom stereocenters. The number of rotatable bonds is 4. The number of carbonyl (C=O) groups excluding carboxylic acids is 2. The minimum Gasteiger partial charge on any atom is -0.351 e. The second-order valence-corrected chi connectivity index (χ2v) is 7.57. The number of para-hydroxylation sites is 4. The summed E-state index contributed by atoms with van der Waals surface area (Å²) in [5, 5.41) is 6.48. The summed E-state index contributed by atoms with van der Waals surface area (Å²) < 4.78 is 0. The van der Waals surface area contributed by atoms with E-state index in [1.807, 2.05) is 48.5 Å². The molecule has 0 fully saturated rings. The van der Waals surface area contributed by atoms with E-state index in [1.54, 1.807) is 24.3 Å². The van der Waals surface area contributed by atoms with Crippen LogP contribution in [0, 0.1) is 0 Å². The average Bonchev–Trinajstić information content (AvgIpc) is 3.53. The highest BCUT2D eigenvalue weighted by molar-refractivity contribution is 6.12. The normalized spacial score (nSPS) is 11.3. The van der Waals surface area contributed by atoms with Gasteiger partial charge < -0.3 is 15.0 Å². The highest BCUT2D eigenvalue weighted by Crippen LogP contribution is 2.22. The number of H-pyrrole nitrogens is 3. The molecule has 3 heterocycles. The van der Waals surface area contributed by atoms with Gasteiger partial charge in [0.25, 0.3) is 11.8 Å². The van der Waals surface area contributed by atoms with E-state index >= 15 is 0 Å². The van der Waals surface area contributed by atoms with Gasteiger partial charge >= 0.3 is 0 Å². The van der Waals surface area contributed by atoms with Gasteiger partial charge in [-0.05, 0) is 36.4 Å². The van der Waals surface area contributed by atoms with Crippen LogP contribution in [0.1, 0.15) is 20.8 Å². The number of imidazole rings is 2. The van der Waals surface area contributed by atoms with Crippen molar-refractivity contribution in [1.29, 1.82) is 0 Å². The van der Waals surface area contributed by atoms with Crippen LogP contribution >= 0.6 is 0 Å². The van der Waals surface area contributed by atoms with Gasteiger partial charge in [0.15, 0.2) is 0 Å². The molecule has 9 heteroatoms. The molecule has 2 amide bonds. The lowest BCUT2D eigenvalue weighted by Gasteiger charge is -2.02. The van der Waals surface area contributed by atoms with Crippen LogP contribution in [-0.4, -0.2) is 36.7 Å². The van der Waals surface area contributed by atoms with E-state index in [4.69, 9.17) is 0 Å². The number of hydrogen-bond donors (Lipinski definition) is 5. The lowest BCUT2D eigenvalue weighted by Crippen LogP contribution is -2.14. The molecule has 0 aliphatic heterocycles. The molecular formula is C24H17N7O2. The van der Waals surface area contributed by atoms with Crippen molar-refractivity contribution in [3.8, 4) is 0 Å². The highest BCUT2D eigenvalue weighted by Gasteiger charge is 2.17. The van der Waals surface area contributed by atoms with Gasteiger partial charge in [-0.15, -0.1) is 0 Å². The maximum absolute atomic E-state index is 12.9. The summed E-state index contributed by atoms with van der Waals surface area (Å²) in [6.07, 6.45) is 0. The highest BCUT2D eigenvalue weighted by atomic mass is 16.2. The molecule has 6 rings (SSSR count). The van der Waals surface area contributed by atoms with E-state index in [2.05, 4.69) is 35.6 Å². The molecular weight excluding hydrogens is 418 g/mol. The van der Waals surface area contributed by atoms with Gasteiger partial charge in [0.2, 0.25) is 11.9 Å². The van der Waals surface area contributed by atoms with Crippen LogP contribution < -0.4 is 10.6 Å². The third-order valence-electron chi connectivity index (χ3n) is 5.39. The minimum absolute atomic E-state index is 0.248. The van der Waals surface area contributed by atoms with Gasteiger partial charge in [0.1, 0.15) is 11.2 Å². The third-order valence-corrected chi connectivity index (χ3v) is 5.39. The van der Waals surface area contributed by atoms with Gasteiger partial charge in [-0.2, -0.15) is 0 Å². The minimum atomic E-state index is -0.361. The van der Waals surface area contributed by atoms with Gasteiger partial charge in [-0.25, -0.2) is 9.97 Å². The van der Waals surface area contributed by atoms with E-state index in [0.717, 1.165) is 21.9 Å². The van der Waals surface area contributed by atoms with E-state index < -0.39 is 0 Å². The number of carbonyl (C=O) groups is 2. The number of nitrogens with zero attached hydrogens (tertiary/aromatic N) is 2. The van der Waals surface area contributed by atoms with Crippen molar-refractivity contribution in [1.82, 2.24) is 24.9 Å². The number of amides is 2. The summed E-state index contributed by atoms with van der Waals surface area (Å²) >= 11 is 0. The van der Waals surface area contributed by atoms with Crippen molar-refractivity contribution in [2.24, 2.45) is 0 Å². The molecule has 0 saturated heterocycles. The molecule has 9 nitrogen and oxygen atoms in total. The number of hydrogen-bond acceptors (Lipinski definition) is 4. The first-order valence-electron chi connectivity index (χ1n) is 10.3. The fraction of sp³-hybridized carbons (Fsp3) is 0. The number of aromatic nitrogens is 5. The first-order valence-corrected chi connectivity index (χ1v) is 10.3. The summed E-state index contributed by atoms with van der Waals surface area (Å²) in [7, 11) is 0. The second-order valence-electron chi connectivity index (χ2n) is 7.57. The molecule has 3 aromatic heterocycles. The Morgan fingerprint density at radius 1 is 0.667 bits per heavy atom. The predicted molar refractivity (Wildman–Crippen MR) is 126 cm³/mol. The van der Waals surface area contributed by atoms with E-state index in [9.17, 15) is 9.59 Å². The van der Waals surface area contributed by atoms with Crippen LogP contribution in [0.4, 0.5) is 11.9 Å². The lowest BCUT2D eigenvalue weighted by atomic mass is 10.2. The van der Waals surface area contributed by atoms with Crippen LogP contribution in [-0.2, 0) is 0 Å². The maximum Gasteiger partial charge on any atom is 0.274 e. The van der Waals surface area contributed by atoms with Crippen LogP contribution in [0.2, 0.25) is 0 Å². The molecule has 0 bridgehead atoms. The van der Waals surface area contributed by atoms with Crippen molar-refractivity contribution < 1.29 is 9.59 Å². The largest absolute Gasteiger partial charge is 0.351 e. The molecule has 0 aliphatic rings. The smallest absolute Gasteiger partial charge is 0.274 e. The Hall–Kier alpha value is -4.92. The van der Waals surface area contributed by atoms with Crippen LogP contribution in [0.3, 0.4) is 0 Å². The van der Waals surface area contributed by atoms with Crippen molar-refractivity contribution >= 4 is 56.7 Å². The molecule has 0 radical (unpaired) electrons. The zero-order chi connectivity index (χ0) is 22.4. The number of fused-ring (bicyclic) bond motifs is 3. The summed E-state index contributed by atoms with van der Waals surface area (Å²) in [6.45, 7) is 0. The summed E-state index contributed by atoms with van der Waals surface area (Å²) in [5.74, 6) is -0.100. The van der Waals surface area contributed by atoms with Crippen LogP contribution in [0.15, 0.2) is 72.8 Å². The van der Waals surface area contributed by atoms with E-state index in [-0.39, 0.29) is 17.8 Å². The Bertz CT molecular complexity index is 1610. The Morgan fingerprint density at radius 2 is 1.36 bits per heavy atom. The zero-order valence-electron chi connectivity index (χ0n) is 17.1. The van der Waals surface area contributed by atoms with Crippen LogP contribution in [0.25, 0.3) is 33.0 Å². The SMILES string of the molecule is O=C(Nc1nc2c(C(=O)Nc3nc4ccccc4[nH]3)cccc2[nH]1)c1cc2ccccc2[nH]1. The van der Waals surface area contributed by atoms with Crippen molar-refractivity contribution in [3.63, 3.8) is 0 Å². The molecule has 0 saturated carbocycles. The second kappa shape index (κ2) is 7.34. The monoisotopic (exact) mass is 435 g/mol. The third kappa shape index (κ3) is 3.37. The summed E-state index contributed by atoms with van der Waals surface area (Å²) in [4.78, 5) is 43.7. The molecule has 0 aliphatic carbocycles. The zero-order valence-corrected chi connectivity index (χ0v) is 17.1. The fourth-order valence-electron chi connectivity index (χ4n) is 3.83. The average molecular weight is 435 g/mol. The first-order chi connectivity index (χ1) is 16.1. The first kappa shape index (κ1) is 18.8. The van der Waals surface area contributed by atoms with Gasteiger partial charge in [0, 0.05) is 10.9 Å². The number of benzene rings is 3. The van der Waals surface area contributed by atoms with Crippen molar-refractivity contribution in [2.45, 2.75) is 0 Å². The van der Waals surface area contributed by atoms with Crippen molar-refractivity contribution in [3.05, 3.63) is 84.1 Å². The van der Waals surface area contributed by atoms with Crippen molar-refractivity contribution in [2.75, 3.05) is 10.6 Å². The Labute approximate surface area is 186 Å². The quantitative estimate of drug-likeness (QED) is 0.280. The number of anilines is 2. The molecule has 160 valence electrons. The predicted octanol–water partition coefficient (Wildman–Crippen LogP) is 4.43. The summed E-state index contributed by atoms with van der Waals surface area (Å²) in [5.41, 5.74) is 4.30. The molecule has 6 aromatic rings. The topological polar surface area (TPSA) is 131 Å². The maximum atomic E-state index is 12.9. The van der Waals surface area contributed by atoms with Gasteiger partial charge in [0.05, 0.1) is 22.1 Å². The van der Waals surface area contributed by atoms with Crippen LogP contribution in [0.5, 0.6) is 0 Å². The standard InChI is InChI=1S/C24H17N7O2/c32-21(30-23-26-16-9-3-4-10-17(16)27-23)14-7-5-11-18-20(14)29-24(28-18)31-22(33)19-12-13-6-1-2-8-15(13)25-19/h1-12,25H,(H2,26,27,30,32)(H2,28,29,31,33). The molecule has 0 spiro atoms. The molecule has 5 N–H and O–H groups in total. The van der Waals surface area contributed by atoms with Gasteiger partial charge in [-0.1, -0.05) is 36.4 Å². The summed E-state index contributed by atoms with van der Waals surface area (Å²) in [6, 6.07) is 22.1. The lowest BCUT2D eigenvalue weighted by molar-refractivity contribution is 0.101. The Balaban J connectivity index is 1.27. The Morgan fingerprint density at radius 3 is 2.21 bits per heavy atom. The number of aromatic amines is 3. The molecule has 0 atom stereocenters. The fourth-order valence-corrected chi connectivity index (χ4v) is 3.83. The molecule has 33 heavy (non-hydrogen) atoms. The van der Waals surface area contributed by atoms with Gasteiger partial charge in [-0.3, -0.25) is 20.2 Å². The van der Waals surface area contributed by atoms with E-state index in [0.29, 0.717) is 28.2 Å². The Kier molecular flexibility index (Phi) is 4.19.